The molecule has 1 unspecified atom stereocenters. The van der Waals surface area contributed by atoms with E-state index in [-0.39, 0.29) is 11.4 Å². The van der Waals surface area contributed by atoms with Crippen molar-refractivity contribution >= 4 is 9.84 Å². The molecule has 1 fully saturated rings. The summed E-state index contributed by atoms with van der Waals surface area (Å²) < 4.78 is 28.0. The van der Waals surface area contributed by atoms with Crippen molar-refractivity contribution in [3.05, 3.63) is 0 Å². The summed E-state index contributed by atoms with van der Waals surface area (Å²) in [5, 5.41) is 3.47. The Bertz CT molecular complexity index is 336. The van der Waals surface area contributed by atoms with Crippen molar-refractivity contribution in [2.45, 2.75) is 57.6 Å². The molecular weight excluding hydrogens is 250 g/mol. The maximum absolute atomic E-state index is 11.0. The van der Waals surface area contributed by atoms with Gasteiger partial charge in [-0.05, 0) is 38.6 Å². The van der Waals surface area contributed by atoms with Crippen LogP contribution in [0.4, 0.5) is 0 Å². The standard InChI is InChI=1S/C13H27NO3S/c1-4-13(5-2)11-12(7-9-17-13)14-8-6-10-18(3,15)16/h12,14H,4-11H2,1-3H3. The number of hydrogen-bond acceptors (Lipinski definition) is 4. The molecule has 4 nitrogen and oxygen atoms in total. The molecule has 1 aliphatic heterocycles. The Hall–Kier alpha value is -0.130. The van der Waals surface area contributed by atoms with E-state index >= 15 is 0 Å². The molecule has 108 valence electrons. The smallest absolute Gasteiger partial charge is 0.147 e. The number of sulfone groups is 1. The summed E-state index contributed by atoms with van der Waals surface area (Å²) in [6.45, 7) is 5.94. The molecule has 0 saturated carbocycles. The van der Waals surface area contributed by atoms with Gasteiger partial charge in [-0.3, -0.25) is 0 Å². The van der Waals surface area contributed by atoms with Crippen LogP contribution < -0.4 is 5.32 Å². The average molecular weight is 277 g/mol. The highest BCUT2D eigenvalue weighted by Crippen LogP contribution is 2.31. The maximum Gasteiger partial charge on any atom is 0.147 e. The summed E-state index contributed by atoms with van der Waals surface area (Å²) in [5.74, 6) is 0.274. The van der Waals surface area contributed by atoms with Gasteiger partial charge in [0.05, 0.1) is 11.4 Å². The van der Waals surface area contributed by atoms with Crippen LogP contribution in [0, 0.1) is 0 Å². The highest BCUT2D eigenvalue weighted by atomic mass is 32.2. The van der Waals surface area contributed by atoms with Gasteiger partial charge in [-0.1, -0.05) is 13.8 Å². The second kappa shape index (κ2) is 6.87. The number of hydrogen-bond donors (Lipinski definition) is 1. The van der Waals surface area contributed by atoms with E-state index in [0.717, 1.165) is 38.8 Å². The van der Waals surface area contributed by atoms with E-state index in [4.69, 9.17) is 4.74 Å². The van der Waals surface area contributed by atoms with Crippen LogP contribution in [-0.4, -0.2) is 45.2 Å². The minimum absolute atomic E-state index is 0.0345. The van der Waals surface area contributed by atoms with Crippen molar-refractivity contribution in [2.24, 2.45) is 0 Å². The molecule has 0 aromatic carbocycles. The van der Waals surface area contributed by atoms with Crippen LogP contribution >= 0.6 is 0 Å². The summed E-state index contributed by atoms with van der Waals surface area (Å²) in [4.78, 5) is 0. The predicted octanol–water partition coefficient (Wildman–Crippen LogP) is 1.75. The third kappa shape index (κ3) is 5.24. The lowest BCUT2D eigenvalue weighted by atomic mass is 9.86. The molecule has 18 heavy (non-hydrogen) atoms. The lowest BCUT2D eigenvalue weighted by Gasteiger charge is -2.40. The summed E-state index contributed by atoms with van der Waals surface area (Å²) in [6, 6.07) is 0.471. The largest absolute Gasteiger partial charge is 0.375 e. The first-order chi connectivity index (χ1) is 8.41. The summed E-state index contributed by atoms with van der Waals surface area (Å²) in [7, 11) is -2.82. The molecule has 1 atom stereocenters. The van der Waals surface area contributed by atoms with Gasteiger partial charge in [0.2, 0.25) is 0 Å². The summed E-state index contributed by atoms with van der Waals surface area (Å²) in [5.41, 5.74) is 0.0345. The Kier molecular flexibility index (Phi) is 6.08. The summed E-state index contributed by atoms with van der Waals surface area (Å²) >= 11 is 0. The normalized spacial score (nSPS) is 24.1. The lowest BCUT2D eigenvalue weighted by molar-refractivity contribution is -0.0929. The van der Waals surface area contributed by atoms with Crippen LogP contribution in [0.5, 0.6) is 0 Å². The van der Waals surface area contributed by atoms with Crippen molar-refractivity contribution in [2.75, 3.05) is 25.2 Å². The number of ether oxygens (including phenoxy) is 1. The van der Waals surface area contributed by atoms with E-state index in [1.54, 1.807) is 0 Å². The van der Waals surface area contributed by atoms with Gasteiger partial charge in [-0.2, -0.15) is 0 Å². The van der Waals surface area contributed by atoms with Gasteiger partial charge in [0, 0.05) is 18.9 Å². The van der Waals surface area contributed by atoms with Gasteiger partial charge in [-0.15, -0.1) is 0 Å². The second-order valence-corrected chi connectivity index (χ2v) is 7.63. The van der Waals surface area contributed by atoms with Gasteiger partial charge in [0.15, 0.2) is 0 Å². The van der Waals surface area contributed by atoms with E-state index in [1.807, 2.05) is 0 Å². The monoisotopic (exact) mass is 277 g/mol. The summed E-state index contributed by atoms with van der Waals surface area (Å²) in [6.07, 6.45) is 6.15. The zero-order valence-electron chi connectivity index (χ0n) is 11.9. The molecule has 0 amide bonds. The average Bonchev–Trinajstić information content (AvgIpc) is 2.34. The predicted molar refractivity (Wildman–Crippen MR) is 74.6 cm³/mol. The highest BCUT2D eigenvalue weighted by Gasteiger charge is 2.34. The van der Waals surface area contributed by atoms with E-state index in [2.05, 4.69) is 19.2 Å². The van der Waals surface area contributed by atoms with Crippen molar-refractivity contribution in [3.8, 4) is 0 Å². The van der Waals surface area contributed by atoms with E-state index in [0.29, 0.717) is 12.5 Å². The van der Waals surface area contributed by atoms with Crippen LogP contribution in [0.2, 0.25) is 0 Å². The molecule has 1 saturated heterocycles. The molecule has 0 aliphatic carbocycles. The van der Waals surface area contributed by atoms with Gasteiger partial charge in [0.25, 0.3) is 0 Å². The van der Waals surface area contributed by atoms with Crippen molar-refractivity contribution in [3.63, 3.8) is 0 Å². The quantitative estimate of drug-likeness (QED) is 0.720. The Morgan fingerprint density at radius 1 is 1.33 bits per heavy atom. The van der Waals surface area contributed by atoms with Crippen LogP contribution in [0.25, 0.3) is 0 Å². The first kappa shape index (κ1) is 15.9. The van der Waals surface area contributed by atoms with Crippen molar-refractivity contribution in [1.29, 1.82) is 0 Å². The Balaban J connectivity index is 2.30. The molecule has 0 spiro atoms. The Labute approximate surface area is 111 Å². The van der Waals surface area contributed by atoms with Crippen molar-refractivity contribution < 1.29 is 13.2 Å². The minimum atomic E-state index is -2.82. The molecule has 0 aromatic heterocycles. The number of rotatable bonds is 7. The fourth-order valence-corrected chi connectivity index (χ4v) is 3.25. The molecule has 0 bridgehead atoms. The first-order valence-corrected chi connectivity index (χ1v) is 9.02. The Morgan fingerprint density at radius 3 is 2.56 bits per heavy atom. The van der Waals surface area contributed by atoms with Crippen LogP contribution in [0.15, 0.2) is 0 Å². The van der Waals surface area contributed by atoms with E-state index in [1.165, 1.54) is 6.26 Å². The minimum Gasteiger partial charge on any atom is -0.375 e. The second-order valence-electron chi connectivity index (χ2n) is 5.37. The molecule has 1 N–H and O–H groups in total. The zero-order valence-corrected chi connectivity index (χ0v) is 12.7. The van der Waals surface area contributed by atoms with E-state index in [9.17, 15) is 8.42 Å². The van der Waals surface area contributed by atoms with Gasteiger partial charge in [-0.25, -0.2) is 8.42 Å². The van der Waals surface area contributed by atoms with Gasteiger partial charge in [0.1, 0.15) is 9.84 Å². The topological polar surface area (TPSA) is 55.4 Å². The number of nitrogens with one attached hydrogen (secondary N) is 1. The first-order valence-electron chi connectivity index (χ1n) is 6.96. The van der Waals surface area contributed by atoms with E-state index < -0.39 is 9.84 Å². The molecule has 5 heteroatoms. The third-order valence-corrected chi connectivity index (χ3v) is 4.94. The maximum atomic E-state index is 11.0. The fraction of sp³-hybridized carbons (Fsp3) is 1.00. The molecule has 1 heterocycles. The molecule has 1 aliphatic rings. The Morgan fingerprint density at radius 2 is 2.00 bits per heavy atom. The SMILES string of the molecule is CCC1(CC)CC(NCCCS(C)(=O)=O)CCO1. The third-order valence-electron chi connectivity index (χ3n) is 3.91. The van der Waals surface area contributed by atoms with Gasteiger partial charge >= 0.3 is 0 Å². The van der Waals surface area contributed by atoms with Crippen LogP contribution in [0.1, 0.15) is 46.0 Å². The van der Waals surface area contributed by atoms with Crippen LogP contribution in [-0.2, 0) is 14.6 Å². The lowest BCUT2D eigenvalue weighted by Crippen LogP contribution is -2.46. The fourth-order valence-electron chi connectivity index (χ4n) is 2.59. The highest BCUT2D eigenvalue weighted by molar-refractivity contribution is 7.90. The molecule has 0 aromatic rings. The van der Waals surface area contributed by atoms with Crippen molar-refractivity contribution in [1.82, 2.24) is 5.32 Å². The molecule has 0 radical (unpaired) electrons. The molecular formula is C13H27NO3S. The van der Waals surface area contributed by atoms with Crippen LogP contribution in [0.3, 0.4) is 0 Å². The van der Waals surface area contributed by atoms with Gasteiger partial charge < -0.3 is 10.1 Å². The molecule has 1 rings (SSSR count). The zero-order chi connectivity index (χ0) is 13.6.